The SMILES string of the molecule is COc1cccc(CN(C(=O)CN(c2ccc(Br)cc2)S(C)(=O)=O)C(Cc2ccccc2)C(=O)NCC(C)C)c1. The molecule has 3 aromatic rings. The van der Waals surface area contributed by atoms with E-state index in [-0.39, 0.29) is 24.8 Å². The molecular weight excluding hydrogens is 594 g/mol. The zero-order valence-corrected chi connectivity index (χ0v) is 25.6. The number of benzene rings is 3. The molecule has 1 atom stereocenters. The fourth-order valence-electron chi connectivity index (χ4n) is 4.17. The van der Waals surface area contributed by atoms with Gasteiger partial charge in [0, 0.05) is 24.0 Å². The first-order valence-corrected chi connectivity index (χ1v) is 15.6. The molecule has 1 unspecified atom stereocenters. The lowest BCUT2D eigenvalue weighted by atomic mass is 10.0. The second-order valence-corrected chi connectivity index (χ2v) is 12.8. The maximum Gasteiger partial charge on any atom is 0.244 e. The molecule has 0 aliphatic carbocycles. The second kappa shape index (κ2) is 14.3. The van der Waals surface area contributed by atoms with Crippen molar-refractivity contribution in [3.8, 4) is 5.75 Å². The molecule has 1 N–H and O–H groups in total. The average molecular weight is 631 g/mol. The summed E-state index contributed by atoms with van der Waals surface area (Å²) in [6, 6.07) is 22.5. The number of amides is 2. The van der Waals surface area contributed by atoms with E-state index in [1.165, 1.54) is 4.90 Å². The van der Waals surface area contributed by atoms with Crippen LogP contribution < -0.4 is 14.4 Å². The van der Waals surface area contributed by atoms with Crippen LogP contribution in [0.1, 0.15) is 25.0 Å². The maximum absolute atomic E-state index is 14.1. The third-order valence-electron chi connectivity index (χ3n) is 6.24. The minimum atomic E-state index is -3.82. The molecule has 0 aliphatic heterocycles. The van der Waals surface area contributed by atoms with Gasteiger partial charge in [0.25, 0.3) is 0 Å². The number of sulfonamides is 1. The van der Waals surface area contributed by atoms with Gasteiger partial charge in [0.2, 0.25) is 21.8 Å². The van der Waals surface area contributed by atoms with Crippen molar-refractivity contribution in [1.82, 2.24) is 10.2 Å². The summed E-state index contributed by atoms with van der Waals surface area (Å²) in [5, 5.41) is 2.97. The number of methoxy groups -OCH3 is 1. The molecule has 0 bridgehead atoms. The van der Waals surface area contributed by atoms with Crippen LogP contribution in [-0.2, 0) is 32.6 Å². The van der Waals surface area contributed by atoms with Crippen LogP contribution >= 0.6 is 15.9 Å². The first-order chi connectivity index (χ1) is 19.0. The third kappa shape index (κ3) is 9.09. The third-order valence-corrected chi connectivity index (χ3v) is 7.91. The smallest absolute Gasteiger partial charge is 0.244 e. The molecule has 0 aliphatic rings. The molecule has 0 fully saturated rings. The van der Waals surface area contributed by atoms with Gasteiger partial charge in [-0.3, -0.25) is 13.9 Å². The zero-order chi connectivity index (χ0) is 29.3. The normalized spacial score (nSPS) is 12.1. The molecule has 0 spiro atoms. The van der Waals surface area contributed by atoms with Gasteiger partial charge in [-0.2, -0.15) is 0 Å². The summed E-state index contributed by atoms with van der Waals surface area (Å²) in [6.45, 7) is 4.05. The minimum Gasteiger partial charge on any atom is -0.497 e. The van der Waals surface area contributed by atoms with Gasteiger partial charge in [-0.05, 0) is 53.4 Å². The van der Waals surface area contributed by atoms with Crippen LogP contribution in [0, 0.1) is 5.92 Å². The highest BCUT2D eigenvalue weighted by Gasteiger charge is 2.33. The summed E-state index contributed by atoms with van der Waals surface area (Å²) in [5.41, 5.74) is 1.98. The molecule has 3 rings (SSSR count). The average Bonchev–Trinajstić information content (AvgIpc) is 2.92. The highest BCUT2D eigenvalue weighted by molar-refractivity contribution is 9.10. The quantitative estimate of drug-likeness (QED) is 0.297. The Hall–Kier alpha value is -3.37. The highest BCUT2D eigenvalue weighted by Crippen LogP contribution is 2.23. The number of nitrogens with zero attached hydrogens (tertiary/aromatic N) is 2. The Bertz CT molecular complexity index is 1380. The second-order valence-electron chi connectivity index (χ2n) is 9.96. The van der Waals surface area contributed by atoms with Crippen LogP contribution in [0.5, 0.6) is 5.75 Å². The van der Waals surface area contributed by atoms with Crippen LogP contribution in [0.2, 0.25) is 0 Å². The molecule has 0 heterocycles. The number of hydrogen-bond acceptors (Lipinski definition) is 5. The van der Waals surface area contributed by atoms with E-state index < -0.39 is 28.5 Å². The predicted molar refractivity (Wildman–Crippen MR) is 162 cm³/mol. The Kier molecular flexibility index (Phi) is 11.2. The van der Waals surface area contributed by atoms with E-state index >= 15 is 0 Å². The van der Waals surface area contributed by atoms with Crippen LogP contribution in [0.3, 0.4) is 0 Å². The van der Waals surface area contributed by atoms with Crippen molar-refractivity contribution in [1.29, 1.82) is 0 Å². The summed E-state index contributed by atoms with van der Waals surface area (Å²) < 4.78 is 32.9. The van der Waals surface area contributed by atoms with Crippen LogP contribution in [-0.4, -0.2) is 57.6 Å². The van der Waals surface area contributed by atoms with Crippen molar-refractivity contribution in [2.24, 2.45) is 5.92 Å². The number of nitrogens with one attached hydrogen (secondary N) is 1. The standard InChI is InChI=1S/C30H36BrN3O5S/c1-22(2)19-32-30(36)28(18-23-9-6-5-7-10-23)33(20-24-11-8-12-27(17-24)39-3)29(35)21-34(40(4,37)38)26-15-13-25(31)14-16-26/h5-17,22,28H,18-21H2,1-4H3,(H,32,36). The molecule has 214 valence electrons. The first kappa shape index (κ1) is 31.2. The van der Waals surface area contributed by atoms with Crippen molar-refractivity contribution in [3.05, 3.63) is 94.5 Å². The molecule has 2 amide bonds. The molecular formula is C30H36BrN3O5S. The molecule has 8 nitrogen and oxygen atoms in total. The molecule has 0 saturated carbocycles. The van der Waals surface area contributed by atoms with Crippen molar-refractivity contribution in [2.45, 2.75) is 32.9 Å². The zero-order valence-electron chi connectivity index (χ0n) is 23.2. The van der Waals surface area contributed by atoms with Crippen molar-refractivity contribution in [3.63, 3.8) is 0 Å². The van der Waals surface area contributed by atoms with Gasteiger partial charge in [-0.1, -0.05) is 72.2 Å². The molecule has 0 saturated heterocycles. The van der Waals surface area contributed by atoms with Gasteiger partial charge in [-0.25, -0.2) is 8.42 Å². The molecule has 3 aromatic carbocycles. The van der Waals surface area contributed by atoms with E-state index in [2.05, 4.69) is 21.2 Å². The fraction of sp³-hybridized carbons (Fsp3) is 0.333. The number of carbonyl (C=O) groups excluding carboxylic acids is 2. The van der Waals surface area contributed by atoms with Gasteiger partial charge in [0.1, 0.15) is 18.3 Å². The monoisotopic (exact) mass is 629 g/mol. The lowest BCUT2D eigenvalue weighted by molar-refractivity contribution is -0.140. The first-order valence-electron chi connectivity index (χ1n) is 12.9. The van der Waals surface area contributed by atoms with E-state index in [0.717, 1.165) is 26.2 Å². The summed E-state index contributed by atoms with van der Waals surface area (Å²) in [7, 11) is -2.26. The number of carbonyl (C=O) groups is 2. The van der Waals surface area contributed by atoms with Gasteiger partial charge >= 0.3 is 0 Å². The van der Waals surface area contributed by atoms with E-state index in [1.54, 1.807) is 43.5 Å². The Labute approximate surface area is 245 Å². The number of rotatable bonds is 13. The van der Waals surface area contributed by atoms with Gasteiger partial charge in [0.15, 0.2) is 0 Å². The molecule has 10 heteroatoms. The maximum atomic E-state index is 14.1. The van der Waals surface area contributed by atoms with Crippen molar-refractivity contribution < 1.29 is 22.7 Å². The molecule has 0 radical (unpaired) electrons. The van der Waals surface area contributed by atoms with E-state index in [1.807, 2.05) is 56.3 Å². The molecule has 0 aromatic heterocycles. The van der Waals surface area contributed by atoms with Gasteiger partial charge in [-0.15, -0.1) is 0 Å². The largest absolute Gasteiger partial charge is 0.497 e. The predicted octanol–water partition coefficient (Wildman–Crippen LogP) is 4.64. The Morgan fingerprint density at radius 3 is 2.20 bits per heavy atom. The van der Waals surface area contributed by atoms with Gasteiger partial charge in [0.05, 0.1) is 19.1 Å². The Morgan fingerprint density at radius 2 is 1.60 bits per heavy atom. The van der Waals surface area contributed by atoms with E-state index in [9.17, 15) is 18.0 Å². The summed E-state index contributed by atoms with van der Waals surface area (Å²) in [6.07, 6.45) is 1.32. The summed E-state index contributed by atoms with van der Waals surface area (Å²) in [5.74, 6) is 0.0172. The van der Waals surface area contributed by atoms with Crippen molar-refractivity contribution >= 4 is 43.5 Å². The lowest BCUT2D eigenvalue weighted by Gasteiger charge is -2.33. The number of hydrogen-bond donors (Lipinski definition) is 1. The van der Waals surface area contributed by atoms with Crippen LogP contribution in [0.15, 0.2) is 83.3 Å². The van der Waals surface area contributed by atoms with E-state index in [4.69, 9.17) is 4.74 Å². The minimum absolute atomic E-state index is 0.0839. The number of anilines is 1. The summed E-state index contributed by atoms with van der Waals surface area (Å²) >= 11 is 3.36. The number of halogens is 1. The topological polar surface area (TPSA) is 96.0 Å². The Morgan fingerprint density at radius 1 is 0.950 bits per heavy atom. The lowest BCUT2D eigenvalue weighted by Crippen LogP contribution is -2.53. The Balaban J connectivity index is 2.05. The molecule has 40 heavy (non-hydrogen) atoms. The highest BCUT2D eigenvalue weighted by atomic mass is 79.9. The van der Waals surface area contributed by atoms with Crippen LogP contribution in [0.4, 0.5) is 5.69 Å². The fourth-order valence-corrected chi connectivity index (χ4v) is 5.28. The number of ether oxygens (including phenoxy) is 1. The van der Waals surface area contributed by atoms with E-state index in [0.29, 0.717) is 18.0 Å². The van der Waals surface area contributed by atoms with Gasteiger partial charge < -0.3 is 15.0 Å². The summed E-state index contributed by atoms with van der Waals surface area (Å²) in [4.78, 5) is 29.2. The van der Waals surface area contributed by atoms with Crippen LogP contribution in [0.25, 0.3) is 0 Å². The van der Waals surface area contributed by atoms with Crippen molar-refractivity contribution in [2.75, 3.05) is 30.8 Å².